The average Bonchev–Trinajstić information content (AvgIpc) is 2.76. The molecule has 0 fully saturated rings. The Kier molecular flexibility index (Phi) is 1.88. The van der Waals surface area contributed by atoms with Crippen LogP contribution in [-0.2, 0) is 5.66 Å². The predicted molar refractivity (Wildman–Crippen MR) is 69.6 cm³/mol. The second-order valence-electron chi connectivity index (χ2n) is 5.83. The minimum Gasteiger partial charge on any atom is -0.289 e. The van der Waals surface area contributed by atoms with E-state index in [0.29, 0.717) is 0 Å². The van der Waals surface area contributed by atoms with Gasteiger partial charge in [-0.15, -0.1) is 0 Å². The molecular formula is C13H18N4. The second kappa shape index (κ2) is 3.01. The Labute approximate surface area is 101 Å². The molecule has 17 heavy (non-hydrogen) atoms. The van der Waals surface area contributed by atoms with Crippen molar-refractivity contribution < 1.29 is 0 Å². The molecule has 1 atom stereocenters. The van der Waals surface area contributed by atoms with Crippen LogP contribution in [0.5, 0.6) is 0 Å². The third kappa shape index (κ3) is 1.24. The van der Waals surface area contributed by atoms with Crippen LogP contribution in [0, 0.1) is 5.41 Å². The van der Waals surface area contributed by atoms with Gasteiger partial charge in [0.1, 0.15) is 5.66 Å². The van der Waals surface area contributed by atoms with Crippen molar-refractivity contribution >= 4 is 17.0 Å². The zero-order chi connectivity index (χ0) is 12.3. The predicted octanol–water partition coefficient (Wildman–Crippen LogP) is 2.69. The fourth-order valence-corrected chi connectivity index (χ4v) is 2.32. The van der Waals surface area contributed by atoms with Gasteiger partial charge >= 0.3 is 0 Å². The number of hydrogen-bond donors (Lipinski definition) is 2. The third-order valence-corrected chi connectivity index (χ3v) is 3.89. The number of fused-ring (bicyclic) bond motifs is 3. The van der Waals surface area contributed by atoms with Crippen molar-refractivity contribution in [2.75, 3.05) is 5.43 Å². The second-order valence-corrected chi connectivity index (χ2v) is 5.83. The summed E-state index contributed by atoms with van der Waals surface area (Å²) in [4.78, 5) is 4.59. The Hall–Kier alpha value is -1.55. The first kappa shape index (κ1) is 10.6. The fraction of sp³-hybridized carbons (Fsp3) is 0.462. The van der Waals surface area contributed by atoms with E-state index in [9.17, 15) is 0 Å². The monoisotopic (exact) mass is 230 g/mol. The summed E-state index contributed by atoms with van der Waals surface area (Å²) < 4.78 is 2.25. The average molecular weight is 230 g/mol. The lowest BCUT2D eigenvalue weighted by Crippen LogP contribution is -2.51. The summed E-state index contributed by atoms with van der Waals surface area (Å²) >= 11 is 0. The number of imidazole rings is 1. The van der Waals surface area contributed by atoms with E-state index in [1.807, 2.05) is 12.1 Å². The Balaban J connectivity index is 2.32. The molecular weight excluding hydrogens is 212 g/mol. The molecule has 1 unspecified atom stereocenters. The lowest BCUT2D eigenvalue weighted by molar-refractivity contribution is 0.109. The van der Waals surface area contributed by atoms with Crippen LogP contribution in [0.2, 0.25) is 0 Å². The van der Waals surface area contributed by atoms with Gasteiger partial charge in [-0.25, -0.2) is 10.4 Å². The molecule has 90 valence electrons. The van der Waals surface area contributed by atoms with Crippen molar-refractivity contribution in [1.29, 1.82) is 0 Å². The molecule has 0 saturated carbocycles. The van der Waals surface area contributed by atoms with Crippen molar-refractivity contribution in [2.24, 2.45) is 5.41 Å². The summed E-state index contributed by atoms with van der Waals surface area (Å²) in [6.07, 6.45) is 0. The minimum absolute atomic E-state index is 0.0781. The van der Waals surface area contributed by atoms with Crippen LogP contribution in [0.1, 0.15) is 27.7 Å². The van der Waals surface area contributed by atoms with Gasteiger partial charge in [0.25, 0.3) is 0 Å². The van der Waals surface area contributed by atoms with Gasteiger partial charge in [-0.05, 0) is 19.1 Å². The lowest BCUT2D eigenvalue weighted by Gasteiger charge is -2.39. The number of aromatic nitrogens is 2. The summed E-state index contributed by atoms with van der Waals surface area (Å²) in [5, 5.41) is 0. The molecule has 0 radical (unpaired) electrons. The van der Waals surface area contributed by atoms with Gasteiger partial charge in [-0.2, -0.15) is 0 Å². The maximum absolute atomic E-state index is 4.59. The van der Waals surface area contributed by atoms with E-state index in [0.717, 1.165) is 17.0 Å². The van der Waals surface area contributed by atoms with Crippen molar-refractivity contribution in [1.82, 2.24) is 15.0 Å². The van der Waals surface area contributed by atoms with Gasteiger partial charge in [0.05, 0.1) is 11.0 Å². The SMILES string of the molecule is CC(C)(C)C1(C)NNc2nc3ccccc3n21. The number of para-hydroxylation sites is 2. The number of nitrogens with one attached hydrogen (secondary N) is 2. The molecule has 1 aliphatic rings. The van der Waals surface area contributed by atoms with Crippen molar-refractivity contribution in [2.45, 2.75) is 33.4 Å². The smallest absolute Gasteiger partial charge is 0.220 e. The maximum atomic E-state index is 4.59. The number of nitrogens with zero attached hydrogens (tertiary/aromatic N) is 2. The highest BCUT2D eigenvalue weighted by Gasteiger charge is 2.45. The van der Waals surface area contributed by atoms with Gasteiger partial charge < -0.3 is 0 Å². The van der Waals surface area contributed by atoms with E-state index in [4.69, 9.17) is 0 Å². The van der Waals surface area contributed by atoms with Gasteiger partial charge in [-0.1, -0.05) is 32.9 Å². The summed E-state index contributed by atoms with van der Waals surface area (Å²) in [5.41, 5.74) is 8.64. The maximum Gasteiger partial charge on any atom is 0.220 e. The van der Waals surface area contributed by atoms with Gasteiger partial charge in [0.2, 0.25) is 5.95 Å². The van der Waals surface area contributed by atoms with Crippen LogP contribution < -0.4 is 10.9 Å². The summed E-state index contributed by atoms with van der Waals surface area (Å²) in [6, 6.07) is 8.24. The van der Waals surface area contributed by atoms with E-state index in [-0.39, 0.29) is 11.1 Å². The van der Waals surface area contributed by atoms with Crippen LogP contribution in [0.25, 0.3) is 11.0 Å². The summed E-state index contributed by atoms with van der Waals surface area (Å²) in [5.74, 6) is 0.892. The van der Waals surface area contributed by atoms with E-state index in [1.54, 1.807) is 0 Å². The summed E-state index contributed by atoms with van der Waals surface area (Å²) in [7, 11) is 0. The number of benzene rings is 1. The standard InChI is InChI=1S/C13H18N4/c1-12(2,3)13(4)16-15-11-14-9-7-5-6-8-10(9)17(11)13/h5-8,16H,1-4H3,(H,14,15). The number of hydrogen-bond acceptors (Lipinski definition) is 3. The Morgan fingerprint density at radius 1 is 1.24 bits per heavy atom. The zero-order valence-electron chi connectivity index (χ0n) is 10.7. The van der Waals surface area contributed by atoms with Crippen LogP contribution in [0.15, 0.2) is 24.3 Å². The van der Waals surface area contributed by atoms with E-state index < -0.39 is 0 Å². The number of hydrazine groups is 1. The molecule has 4 heteroatoms. The van der Waals surface area contributed by atoms with Gasteiger partial charge in [0, 0.05) is 5.41 Å². The van der Waals surface area contributed by atoms with Crippen LogP contribution in [0.3, 0.4) is 0 Å². The number of rotatable bonds is 0. The third-order valence-electron chi connectivity index (χ3n) is 3.89. The lowest BCUT2D eigenvalue weighted by atomic mass is 9.82. The minimum atomic E-state index is -0.182. The first-order valence-corrected chi connectivity index (χ1v) is 5.95. The van der Waals surface area contributed by atoms with Crippen LogP contribution >= 0.6 is 0 Å². The van der Waals surface area contributed by atoms with Crippen LogP contribution in [0.4, 0.5) is 5.95 Å². The highest BCUT2D eigenvalue weighted by Crippen LogP contribution is 2.41. The molecule has 0 spiro atoms. The first-order valence-electron chi connectivity index (χ1n) is 5.95. The zero-order valence-corrected chi connectivity index (χ0v) is 10.7. The highest BCUT2D eigenvalue weighted by atomic mass is 15.6. The number of anilines is 1. The molecule has 3 rings (SSSR count). The molecule has 2 heterocycles. The van der Waals surface area contributed by atoms with Gasteiger partial charge in [-0.3, -0.25) is 9.99 Å². The van der Waals surface area contributed by atoms with Crippen molar-refractivity contribution in [3.8, 4) is 0 Å². The molecule has 1 aliphatic heterocycles. The van der Waals surface area contributed by atoms with E-state index in [1.165, 1.54) is 0 Å². The topological polar surface area (TPSA) is 41.9 Å². The Morgan fingerprint density at radius 2 is 1.94 bits per heavy atom. The molecule has 0 bridgehead atoms. The molecule has 0 aliphatic carbocycles. The molecule has 0 saturated heterocycles. The normalized spacial score (nSPS) is 23.8. The van der Waals surface area contributed by atoms with Crippen molar-refractivity contribution in [3.63, 3.8) is 0 Å². The Bertz CT molecular complexity index is 579. The molecule has 4 nitrogen and oxygen atoms in total. The Morgan fingerprint density at radius 3 is 2.65 bits per heavy atom. The fourth-order valence-electron chi connectivity index (χ4n) is 2.32. The quantitative estimate of drug-likeness (QED) is 0.731. The molecule has 1 aromatic carbocycles. The summed E-state index contributed by atoms with van der Waals surface area (Å²) in [6.45, 7) is 8.88. The van der Waals surface area contributed by atoms with E-state index in [2.05, 4.69) is 60.2 Å². The van der Waals surface area contributed by atoms with Crippen LogP contribution in [-0.4, -0.2) is 9.55 Å². The van der Waals surface area contributed by atoms with Crippen molar-refractivity contribution in [3.05, 3.63) is 24.3 Å². The first-order chi connectivity index (χ1) is 7.93. The van der Waals surface area contributed by atoms with Gasteiger partial charge in [0.15, 0.2) is 0 Å². The highest BCUT2D eigenvalue weighted by molar-refractivity contribution is 5.79. The molecule has 1 aromatic heterocycles. The molecule has 0 amide bonds. The molecule has 2 N–H and O–H groups in total. The van der Waals surface area contributed by atoms with E-state index >= 15 is 0 Å². The largest absolute Gasteiger partial charge is 0.289 e. The molecule has 2 aromatic rings.